The van der Waals surface area contributed by atoms with Gasteiger partial charge in [-0.2, -0.15) is 5.26 Å². The van der Waals surface area contributed by atoms with Gasteiger partial charge in [0.2, 0.25) is 0 Å². The van der Waals surface area contributed by atoms with Crippen molar-refractivity contribution in [2.24, 2.45) is 0 Å². The predicted molar refractivity (Wildman–Crippen MR) is 66.4 cm³/mol. The van der Waals surface area contributed by atoms with Gasteiger partial charge in [-0.3, -0.25) is 0 Å². The summed E-state index contributed by atoms with van der Waals surface area (Å²) >= 11 is 0. The number of rotatable bonds is 4. The number of hydrogen-bond acceptors (Lipinski definition) is 2. The smallest absolute Gasteiger partial charge is 0.141 e. The molecule has 0 saturated heterocycles. The normalized spacial score (nSPS) is 10.3. The molecule has 0 aliphatic rings. The Bertz CT molecular complexity index is 581. The first kappa shape index (κ1) is 12.3. The number of imidazole rings is 1. The maximum atomic E-state index is 13.5. The number of nitrogens with zero attached hydrogens (tertiary/aromatic N) is 3. The van der Waals surface area contributed by atoms with Crippen LogP contribution in [0.2, 0.25) is 0 Å². The molecule has 1 aromatic carbocycles. The molecule has 0 radical (unpaired) electrons. The van der Waals surface area contributed by atoms with Gasteiger partial charge in [-0.1, -0.05) is 19.1 Å². The highest BCUT2D eigenvalue weighted by Crippen LogP contribution is 2.16. The summed E-state index contributed by atoms with van der Waals surface area (Å²) in [7, 11) is 0. The number of aryl methyl sites for hydroxylation is 1. The van der Waals surface area contributed by atoms with Gasteiger partial charge in [0.05, 0.1) is 5.56 Å². The first-order chi connectivity index (χ1) is 8.76. The largest absolute Gasteiger partial charge is 0.335 e. The van der Waals surface area contributed by atoms with E-state index in [1.165, 1.54) is 6.07 Å². The molecule has 2 rings (SSSR count). The van der Waals surface area contributed by atoms with Gasteiger partial charge in [0.15, 0.2) is 0 Å². The maximum absolute atomic E-state index is 13.5. The molecule has 1 heterocycles. The molecular weight excluding hydrogens is 229 g/mol. The van der Waals surface area contributed by atoms with Crippen LogP contribution in [0.3, 0.4) is 0 Å². The molecule has 4 heteroatoms. The summed E-state index contributed by atoms with van der Waals surface area (Å²) in [5.74, 6) is 0.391. The van der Waals surface area contributed by atoms with Crippen LogP contribution in [0.1, 0.15) is 30.3 Å². The summed E-state index contributed by atoms with van der Waals surface area (Å²) in [5.41, 5.74) is 0.796. The number of nitriles is 1. The molecule has 0 aliphatic heterocycles. The van der Waals surface area contributed by atoms with Gasteiger partial charge >= 0.3 is 0 Å². The van der Waals surface area contributed by atoms with E-state index in [1.54, 1.807) is 18.3 Å². The zero-order valence-electron chi connectivity index (χ0n) is 10.2. The Morgan fingerprint density at radius 3 is 3.00 bits per heavy atom. The van der Waals surface area contributed by atoms with Gasteiger partial charge in [-0.05, 0) is 18.1 Å². The SMILES string of the molecule is CCCn1ccnc1Cc1cccc(F)c1C#N. The lowest BCUT2D eigenvalue weighted by atomic mass is 10.0. The summed E-state index contributed by atoms with van der Waals surface area (Å²) in [6.07, 6.45) is 5.13. The van der Waals surface area contributed by atoms with Crippen molar-refractivity contribution in [2.45, 2.75) is 26.3 Å². The molecule has 0 atom stereocenters. The second kappa shape index (κ2) is 5.46. The molecule has 1 aromatic heterocycles. The van der Waals surface area contributed by atoms with E-state index >= 15 is 0 Å². The standard InChI is InChI=1S/C14H14FN3/c1-2-7-18-8-6-17-14(18)9-11-4-3-5-13(15)12(11)10-16/h3-6,8H,2,7,9H2,1H3. The van der Waals surface area contributed by atoms with E-state index in [2.05, 4.69) is 11.9 Å². The molecule has 92 valence electrons. The molecule has 0 bridgehead atoms. The second-order valence-corrected chi connectivity index (χ2v) is 4.10. The zero-order valence-corrected chi connectivity index (χ0v) is 10.2. The second-order valence-electron chi connectivity index (χ2n) is 4.10. The summed E-state index contributed by atoms with van der Waals surface area (Å²) in [4.78, 5) is 4.27. The van der Waals surface area contributed by atoms with Crippen LogP contribution in [0.5, 0.6) is 0 Å². The Kier molecular flexibility index (Phi) is 3.73. The van der Waals surface area contributed by atoms with Gasteiger partial charge in [-0.25, -0.2) is 9.37 Å². The van der Waals surface area contributed by atoms with Crippen LogP contribution in [-0.4, -0.2) is 9.55 Å². The molecule has 0 spiro atoms. The van der Waals surface area contributed by atoms with Crippen molar-refractivity contribution in [2.75, 3.05) is 0 Å². The van der Waals surface area contributed by atoms with Crippen LogP contribution in [0.25, 0.3) is 0 Å². The van der Waals surface area contributed by atoms with Crippen LogP contribution in [0.15, 0.2) is 30.6 Å². The molecule has 0 N–H and O–H groups in total. The van der Waals surface area contributed by atoms with Crippen LogP contribution >= 0.6 is 0 Å². The fourth-order valence-corrected chi connectivity index (χ4v) is 1.96. The van der Waals surface area contributed by atoms with Crippen molar-refractivity contribution in [3.05, 3.63) is 53.4 Å². The molecule has 2 aromatic rings. The highest BCUT2D eigenvalue weighted by Gasteiger charge is 2.10. The van der Waals surface area contributed by atoms with E-state index in [4.69, 9.17) is 5.26 Å². The van der Waals surface area contributed by atoms with Gasteiger partial charge in [-0.15, -0.1) is 0 Å². The van der Waals surface area contributed by atoms with Crippen molar-refractivity contribution >= 4 is 0 Å². The predicted octanol–water partition coefficient (Wildman–Crippen LogP) is 2.89. The lowest BCUT2D eigenvalue weighted by Gasteiger charge is -2.07. The number of hydrogen-bond donors (Lipinski definition) is 0. The number of benzene rings is 1. The Balaban J connectivity index is 2.32. The monoisotopic (exact) mass is 243 g/mol. The minimum Gasteiger partial charge on any atom is -0.335 e. The van der Waals surface area contributed by atoms with Crippen molar-refractivity contribution < 1.29 is 4.39 Å². The quantitative estimate of drug-likeness (QED) is 0.828. The highest BCUT2D eigenvalue weighted by atomic mass is 19.1. The van der Waals surface area contributed by atoms with Crippen LogP contribution in [0, 0.1) is 17.1 Å². The van der Waals surface area contributed by atoms with E-state index in [-0.39, 0.29) is 5.56 Å². The molecule has 0 saturated carbocycles. The molecule has 0 amide bonds. The Labute approximate surface area is 106 Å². The van der Waals surface area contributed by atoms with Crippen molar-refractivity contribution in [3.63, 3.8) is 0 Å². The highest BCUT2D eigenvalue weighted by molar-refractivity contribution is 5.40. The van der Waals surface area contributed by atoms with Crippen LogP contribution < -0.4 is 0 Å². The van der Waals surface area contributed by atoms with E-state index < -0.39 is 5.82 Å². The minimum atomic E-state index is -0.469. The Morgan fingerprint density at radius 1 is 1.44 bits per heavy atom. The lowest BCUT2D eigenvalue weighted by molar-refractivity contribution is 0.618. The molecule has 0 aliphatic carbocycles. The maximum Gasteiger partial charge on any atom is 0.141 e. The lowest BCUT2D eigenvalue weighted by Crippen LogP contribution is -2.05. The fraction of sp³-hybridized carbons (Fsp3) is 0.286. The molecule has 3 nitrogen and oxygen atoms in total. The minimum absolute atomic E-state index is 0.114. The Hall–Kier alpha value is -2.15. The Morgan fingerprint density at radius 2 is 2.28 bits per heavy atom. The van der Waals surface area contributed by atoms with Crippen molar-refractivity contribution in [3.8, 4) is 6.07 Å². The topological polar surface area (TPSA) is 41.6 Å². The average molecular weight is 243 g/mol. The van der Waals surface area contributed by atoms with Gasteiger partial charge in [0, 0.05) is 25.4 Å². The van der Waals surface area contributed by atoms with E-state index in [0.29, 0.717) is 12.0 Å². The molecule has 18 heavy (non-hydrogen) atoms. The summed E-state index contributed by atoms with van der Waals surface area (Å²) in [5, 5.41) is 8.98. The van der Waals surface area contributed by atoms with Crippen molar-refractivity contribution in [1.82, 2.24) is 9.55 Å². The number of aromatic nitrogens is 2. The first-order valence-electron chi connectivity index (χ1n) is 5.93. The van der Waals surface area contributed by atoms with E-state index in [9.17, 15) is 4.39 Å². The van der Waals surface area contributed by atoms with Crippen LogP contribution in [-0.2, 0) is 13.0 Å². The first-order valence-corrected chi connectivity index (χ1v) is 5.93. The van der Waals surface area contributed by atoms with Crippen LogP contribution in [0.4, 0.5) is 4.39 Å². The van der Waals surface area contributed by atoms with Gasteiger partial charge in [0.1, 0.15) is 17.7 Å². The van der Waals surface area contributed by atoms with Gasteiger partial charge in [0.25, 0.3) is 0 Å². The van der Waals surface area contributed by atoms with Crippen molar-refractivity contribution in [1.29, 1.82) is 5.26 Å². The molecular formula is C14H14FN3. The third-order valence-corrected chi connectivity index (χ3v) is 2.83. The summed E-state index contributed by atoms with van der Waals surface area (Å²) < 4.78 is 15.5. The average Bonchev–Trinajstić information content (AvgIpc) is 2.78. The van der Waals surface area contributed by atoms with E-state index in [0.717, 1.165) is 18.8 Å². The fourth-order valence-electron chi connectivity index (χ4n) is 1.96. The summed E-state index contributed by atoms with van der Waals surface area (Å²) in [6, 6.07) is 6.62. The molecule has 0 unspecified atom stereocenters. The number of halogens is 1. The summed E-state index contributed by atoms with van der Waals surface area (Å²) in [6.45, 7) is 2.97. The third-order valence-electron chi connectivity index (χ3n) is 2.83. The zero-order chi connectivity index (χ0) is 13.0. The molecule has 0 fully saturated rings. The van der Waals surface area contributed by atoms with E-state index in [1.807, 2.05) is 16.8 Å². The van der Waals surface area contributed by atoms with Gasteiger partial charge < -0.3 is 4.57 Å². The third kappa shape index (κ3) is 2.40.